The smallest absolute Gasteiger partial charge is 0.169 e. The molecule has 3 aromatic rings. The van der Waals surface area contributed by atoms with Gasteiger partial charge in [0.25, 0.3) is 0 Å². The molecule has 4 nitrogen and oxygen atoms in total. The van der Waals surface area contributed by atoms with E-state index in [1.807, 2.05) is 24.5 Å². The van der Waals surface area contributed by atoms with E-state index in [9.17, 15) is 0 Å². The lowest BCUT2D eigenvalue weighted by Crippen LogP contribution is -2.31. The van der Waals surface area contributed by atoms with Gasteiger partial charge in [0.05, 0.1) is 10.6 Å². The van der Waals surface area contributed by atoms with E-state index < -0.39 is 0 Å². The van der Waals surface area contributed by atoms with Crippen molar-refractivity contribution < 1.29 is 0 Å². The van der Waals surface area contributed by atoms with E-state index in [2.05, 4.69) is 48.3 Å². The van der Waals surface area contributed by atoms with Gasteiger partial charge in [0.2, 0.25) is 0 Å². The van der Waals surface area contributed by atoms with Crippen molar-refractivity contribution in [3.05, 3.63) is 63.5 Å². The molecule has 3 aromatic heterocycles. The standard InChI is InChI=1S/C17H15BrN4S/c18-16-4-3-12(8-19-16)10-22-6-5-14-13(11-22)9-20-17(21-14)15-2-1-7-23-15/h1-4,7-9H,5-6,10-11H2. The molecular formula is C17H15BrN4S. The molecule has 0 unspecified atom stereocenters. The van der Waals surface area contributed by atoms with Crippen LogP contribution in [0.5, 0.6) is 0 Å². The molecule has 0 atom stereocenters. The number of fused-ring (bicyclic) bond motifs is 1. The summed E-state index contributed by atoms with van der Waals surface area (Å²) in [5.41, 5.74) is 3.66. The van der Waals surface area contributed by atoms with E-state index in [0.717, 1.165) is 41.4 Å². The minimum absolute atomic E-state index is 0.851. The van der Waals surface area contributed by atoms with Crippen LogP contribution in [0.1, 0.15) is 16.8 Å². The molecular weight excluding hydrogens is 372 g/mol. The molecule has 0 aliphatic carbocycles. The lowest BCUT2D eigenvalue weighted by molar-refractivity contribution is 0.242. The van der Waals surface area contributed by atoms with Crippen LogP contribution in [-0.2, 0) is 19.5 Å². The van der Waals surface area contributed by atoms with Crippen LogP contribution in [0.15, 0.2) is 46.6 Å². The van der Waals surface area contributed by atoms with Gasteiger partial charge in [-0.2, -0.15) is 0 Å². The Balaban J connectivity index is 1.50. The van der Waals surface area contributed by atoms with Gasteiger partial charge in [-0.3, -0.25) is 4.90 Å². The molecule has 1 aliphatic rings. The maximum absolute atomic E-state index is 4.76. The molecule has 0 aromatic carbocycles. The molecule has 0 amide bonds. The first-order chi connectivity index (χ1) is 11.3. The third kappa shape index (κ3) is 3.34. The predicted octanol–water partition coefficient (Wildman–Crippen LogP) is 3.92. The molecule has 23 heavy (non-hydrogen) atoms. The number of aromatic nitrogens is 3. The molecule has 1 aliphatic heterocycles. The van der Waals surface area contributed by atoms with Crippen LogP contribution in [0, 0.1) is 0 Å². The zero-order valence-corrected chi connectivity index (χ0v) is 14.8. The summed E-state index contributed by atoms with van der Waals surface area (Å²) in [5.74, 6) is 0.851. The normalized spacial score (nSPS) is 14.7. The van der Waals surface area contributed by atoms with Crippen LogP contribution in [-0.4, -0.2) is 26.4 Å². The van der Waals surface area contributed by atoms with Crippen molar-refractivity contribution in [2.75, 3.05) is 6.54 Å². The zero-order valence-electron chi connectivity index (χ0n) is 12.4. The second-order valence-electron chi connectivity index (χ2n) is 5.59. The summed E-state index contributed by atoms with van der Waals surface area (Å²) in [5, 5.41) is 2.06. The van der Waals surface area contributed by atoms with Crippen molar-refractivity contribution in [3.8, 4) is 10.7 Å². The number of hydrogen-bond donors (Lipinski definition) is 0. The molecule has 0 fully saturated rings. The van der Waals surface area contributed by atoms with Crippen LogP contribution in [0.2, 0.25) is 0 Å². The van der Waals surface area contributed by atoms with Crippen LogP contribution in [0.3, 0.4) is 0 Å². The van der Waals surface area contributed by atoms with E-state index in [0.29, 0.717) is 0 Å². The third-order valence-electron chi connectivity index (χ3n) is 3.95. The van der Waals surface area contributed by atoms with Crippen molar-refractivity contribution >= 4 is 27.3 Å². The highest BCUT2D eigenvalue weighted by Gasteiger charge is 2.19. The second kappa shape index (κ2) is 6.47. The molecule has 6 heteroatoms. The highest BCUT2D eigenvalue weighted by molar-refractivity contribution is 9.10. The van der Waals surface area contributed by atoms with Gasteiger partial charge in [0.15, 0.2) is 5.82 Å². The van der Waals surface area contributed by atoms with Crippen LogP contribution in [0.25, 0.3) is 10.7 Å². The molecule has 0 spiro atoms. The molecule has 0 N–H and O–H groups in total. The summed E-state index contributed by atoms with van der Waals surface area (Å²) < 4.78 is 0.875. The maximum atomic E-state index is 4.76. The first-order valence-electron chi connectivity index (χ1n) is 7.49. The topological polar surface area (TPSA) is 41.9 Å². The van der Waals surface area contributed by atoms with Gasteiger partial charge in [-0.05, 0) is 39.0 Å². The Labute approximate surface area is 147 Å². The maximum Gasteiger partial charge on any atom is 0.169 e. The molecule has 0 bridgehead atoms. The number of pyridine rings is 1. The third-order valence-corrected chi connectivity index (χ3v) is 5.28. The Morgan fingerprint density at radius 2 is 2.13 bits per heavy atom. The van der Waals surface area contributed by atoms with Crippen molar-refractivity contribution in [1.82, 2.24) is 19.9 Å². The van der Waals surface area contributed by atoms with Crippen molar-refractivity contribution in [2.45, 2.75) is 19.5 Å². The highest BCUT2D eigenvalue weighted by atomic mass is 79.9. The predicted molar refractivity (Wildman–Crippen MR) is 95.1 cm³/mol. The Morgan fingerprint density at radius 1 is 1.17 bits per heavy atom. The summed E-state index contributed by atoms with van der Waals surface area (Å²) in [6.07, 6.45) is 4.89. The SMILES string of the molecule is Brc1ccc(CN2CCc3nc(-c4cccs4)ncc3C2)cn1. The number of hydrogen-bond acceptors (Lipinski definition) is 5. The Bertz CT molecular complexity index is 802. The molecule has 4 heterocycles. The van der Waals surface area contributed by atoms with Gasteiger partial charge in [-0.25, -0.2) is 15.0 Å². The van der Waals surface area contributed by atoms with Gasteiger partial charge < -0.3 is 0 Å². The number of rotatable bonds is 3. The van der Waals surface area contributed by atoms with Gasteiger partial charge >= 0.3 is 0 Å². The highest BCUT2D eigenvalue weighted by Crippen LogP contribution is 2.24. The quantitative estimate of drug-likeness (QED) is 0.639. The van der Waals surface area contributed by atoms with Crippen molar-refractivity contribution in [2.24, 2.45) is 0 Å². The fourth-order valence-corrected chi connectivity index (χ4v) is 3.69. The van der Waals surface area contributed by atoms with Crippen LogP contribution >= 0.6 is 27.3 Å². The molecule has 0 saturated carbocycles. The summed E-state index contributed by atoms with van der Waals surface area (Å²) in [6.45, 7) is 2.83. The van der Waals surface area contributed by atoms with Gasteiger partial charge in [0, 0.05) is 44.0 Å². The number of thiophene rings is 1. The molecule has 116 valence electrons. The zero-order chi connectivity index (χ0) is 15.6. The first kappa shape index (κ1) is 14.9. The minimum Gasteiger partial charge on any atom is -0.294 e. The average Bonchev–Trinajstić information content (AvgIpc) is 3.11. The van der Waals surface area contributed by atoms with Gasteiger partial charge in [-0.15, -0.1) is 11.3 Å². The fraction of sp³-hybridized carbons (Fsp3) is 0.235. The van der Waals surface area contributed by atoms with E-state index in [4.69, 9.17) is 4.98 Å². The molecule has 0 saturated heterocycles. The summed E-state index contributed by atoms with van der Waals surface area (Å²) in [7, 11) is 0. The van der Waals surface area contributed by atoms with Crippen LogP contribution in [0.4, 0.5) is 0 Å². The average molecular weight is 387 g/mol. The summed E-state index contributed by atoms with van der Waals surface area (Å²) >= 11 is 5.06. The van der Waals surface area contributed by atoms with Crippen molar-refractivity contribution in [1.29, 1.82) is 0 Å². The van der Waals surface area contributed by atoms with E-state index >= 15 is 0 Å². The largest absolute Gasteiger partial charge is 0.294 e. The fourth-order valence-electron chi connectivity index (χ4n) is 2.79. The first-order valence-corrected chi connectivity index (χ1v) is 9.17. The van der Waals surface area contributed by atoms with E-state index in [1.54, 1.807) is 11.3 Å². The number of nitrogens with zero attached hydrogens (tertiary/aromatic N) is 4. The van der Waals surface area contributed by atoms with Gasteiger partial charge in [-0.1, -0.05) is 12.1 Å². The summed E-state index contributed by atoms with van der Waals surface area (Å²) in [6, 6.07) is 8.21. The van der Waals surface area contributed by atoms with Gasteiger partial charge in [0.1, 0.15) is 4.60 Å². The molecule has 4 rings (SSSR count). The lowest BCUT2D eigenvalue weighted by atomic mass is 10.1. The monoisotopic (exact) mass is 386 g/mol. The van der Waals surface area contributed by atoms with E-state index in [1.165, 1.54) is 16.8 Å². The Kier molecular flexibility index (Phi) is 4.20. The van der Waals surface area contributed by atoms with E-state index in [-0.39, 0.29) is 0 Å². The molecule has 0 radical (unpaired) electrons. The minimum atomic E-state index is 0.851. The van der Waals surface area contributed by atoms with Crippen LogP contribution < -0.4 is 0 Å². The lowest BCUT2D eigenvalue weighted by Gasteiger charge is -2.27. The Hall–Kier alpha value is -1.63. The summed E-state index contributed by atoms with van der Waals surface area (Å²) in [4.78, 5) is 17.2. The second-order valence-corrected chi connectivity index (χ2v) is 7.35. The van der Waals surface area contributed by atoms with Crippen molar-refractivity contribution in [3.63, 3.8) is 0 Å². The number of halogens is 1. The Morgan fingerprint density at radius 3 is 2.91 bits per heavy atom.